The highest BCUT2D eigenvalue weighted by Gasteiger charge is 2.60. The van der Waals surface area contributed by atoms with Gasteiger partial charge in [-0.25, -0.2) is 0 Å². The Labute approximate surface area is 132 Å². The van der Waals surface area contributed by atoms with Gasteiger partial charge in [-0.15, -0.1) is 0 Å². The van der Waals surface area contributed by atoms with Gasteiger partial charge >= 0.3 is 0 Å². The summed E-state index contributed by atoms with van der Waals surface area (Å²) in [6.07, 6.45) is 10.4. The Morgan fingerprint density at radius 1 is 1.14 bits per heavy atom. The van der Waals surface area contributed by atoms with Crippen molar-refractivity contribution in [3.63, 3.8) is 0 Å². The number of allylic oxidation sites excluding steroid dienone is 1. The number of fused-ring (bicyclic) bond motifs is 5. The topological polar surface area (TPSA) is 57.5 Å². The molecule has 122 valence electrons. The molecule has 0 amide bonds. The summed E-state index contributed by atoms with van der Waals surface area (Å²) in [6, 6.07) is 0. The Morgan fingerprint density at radius 2 is 1.95 bits per heavy atom. The lowest BCUT2D eigenvalue weighted by atomic mass is 9.48. The van der Waals surface area contributed by atoms with Crippen LogP contribution in [0.3, 0.4) is 0 Å². The number of hydrogen-bond acceptors (Lipinski definition) is 3. The van der Waals surface area contributed by atoms with Crippen LogP contribution in [0.15, 0.2) is 11.6 Å². The minimum atomic E-state index is -0.461. The molecule has 0 aliphatic heterocycles. The molecule has 0 aromatic rings. The smallest absolute Gasteiger partial charge is 0.129 e. The Balaban J connectivity index is 1.69. The van der Waals surface area contributed by atoms with Crippen LogP contribution in [0.5, 0.6) is 0 Å². The quantitative estimate of drug-likeness (QED) is 0.578. The average Bonchev–Trinajstić information content (AvgIpc) is 2.86. The first-order valence-corrected chi connectivity index (χ1v) is 9.03. The van der Waals surface area contributed by atoms with Crippen molar-refractivity contribution in [1.82, 2.24) is 0 Å². The highest BCUT2D eigenvalue weighted by Crippen LogP contribution is 2.64. The molecule has 0 saturated heterocycles. The van der Waals surface area contributed by atoms with Gasteiger partial charge in [0, 0.05) is 0 Å². The number of aliphatic hydroxyl groups excluding tert-OH is 2. The van der Waals surface area contributed by atoms with Gasteiger partial charge in [-0.3, -0.25) is 0 Å². The van der Waals surface area contributed by atoms with Gasteiger partial charge in [-0.1, -0.05) is 18.6 Å². The van der Waals surface area contributed by atoms with Gasteiger partial charge in [0.2, 0.25) is 0 Å². The summed E-state index contributed by atoms with van der Waals surface area (Å²) < 4.78 is 0. The minimum absolute atomic E-state index is 0.165. The molecule has 2 N–H and O–H groups in total. The summed E-state index contributed by atoms with van der Waals surface area (Å²) in [5.74, 6) is 1.53. The fourth-order valence-corrected chi connectivity index (χ4v) is 6.57. The molecule has 0 bridgehead atoms. The molecule has 3 nitrogen and oxygen atoms in total. The molecule has 3 saturated carbocycles. The largest absolute Gasteiger partial charge is 0.393 e. The SMILES string of the molecule is C[C@]12CCC(O)CC1=CC[C@@H]1[C@H]2CC[C@@]2(C=O)C(O)CC[C@@H]12. The molecule has 4 aliphatic rings. The van der Waals surface area contributed by atoms with Gasteiger partial charge in [0.1, 0.15) is 6.29 Å². The van der Waals surface area contributed by atoms with E-state index in [0.29, 0.717) is 17.8 Å². The lowest BCUT2D eigenvalue weighted by molar-refractivity contribution is -0.135. The van der Waals surface area contributed by atoms with Crippen LogP contribution in [0.2, 0.25) is 0 Å². The van der Waals surface area contributed by atoms with Crippen LogP contribution >= 0.6 is 0 Å². The van der Waals surface area contributed by atoms with E-state index < -0.39 is 11.5 Å². The van der Waals surface area contributed by atoms with Crippen molar-refractivity contribution in [3.05, 3.63) is 11.6 Å². The molecule has 3 fully saturated rings. The number of rotatable bonds is 1. The molecule has 2 unspecified atom stereocenters. The van der Waals surface area contributed by atoms with Crippen molar-refractivity contribution in [2.45, 2.75) is 70.5 Å². The molecule has 0 radical (unpaired) electrons. The van der Waals surface area contributed by atoms with Crippen LogP contribution in [0.25, 0.3) is 0 Å². The van der Waals surface area contributed by atoms with Crippen LogP contribution in [-0.2, 0) is 4.79 Å². The number of carbonyl (C=O) groups is 1. The third-order valence-corrected chi connectivity index (χ3v) is 7.84. The second-order valence-electron chi connectivity index (χ2n) is 8.52. The van der Waals surface area contributed by atoms with Crippen LogP contribution in [0, 0.1) is 28.6 Å². The fraction of sp³-hybridized carbons (Fsp3) is 0.842. The van der Waals surface area contributed by atoms with Gasteiger partial charge in [-0.2, -0.15) is 0 Å². The van der Waals surface area contributed by atoms with Crippen LogP contribution in [0.4, 0.5) is 0 Å². The first kappa shape index (κ1) is 14.9. The van der Waals surface area contributed by atoms with Crippen molar-refractivity contribution in [1.29, 1.82) is 0 Å². The van der Waals surface area contributed by atoms with E-state index in [2.05, 4.69) is 13.0 Å². The second kappa shape index (κ2) is 4.91. The lowest BCUT2D eigenvalue weighted by Crippen LogP contribution is -2.52. The number of hydrogen-bond donors (Lipinski definition) is 2. The Morgan fingerprint density at radius 3 is 2.73 bits per heavy atom. The van der Waals surface area contributed by atoms with Crippen molar-refractivity contribution in [3.8, 4) is 0 Å². The van der Waals surface area contributed by atoms with E-state index >= 15 is 0 Å². The van der Waals surface area contributed by atoms with E-state index in [9.17, 15) is 15.0 Å². The molecule has 0 heterocycles. The van der Waals surface area contributed by atoms with Crippen molar-refractivity contribution in [2.24, 2.45) is 28.6 Å². The molecule has 0 aromatic carbocycles. The van der Waals surface area contributed by atoms with E-state index in [1.165, 1.54) is 5.57 Å². The summed E-state index contributed by atoms with van der Waals surface area (Å²) in [6.45, 7) is 2.39. The average molecular weight is 304 g/mol. The molecule has 0 aromatic heterocycles. The van der Waals surface area contributed by atoms with Crippen molar-refractivity contribution in [2.75, 3.05) is 0 Å². The van der Waals surface area contributed by atoms with Gasteiger partial charge < -0.3 is 15.0 Å². The molecule has 0 spiro atoms. The predicted octanol–water partition coefficient (Wildman–Crippen LogP) is 2.85. The first-order valence-electron chi connectivity index (χ1n) is 9.03. The number of aldehydes is 1. The second-order valence-corrected chi connectivity index (χ2v) is 8.52. The molecule has 3 heteroatoms. The molecular weight excluding hydrogens is 276 g/mol. The van der Waals surface area contributed by atoms with Gasteiger partial charge in [-0.05, 0) is 74.5 Å². The predicted molar refractivity (Wildman–Crippen MR) is 84.1 cm³/mol. The molecule has 7 atom stereocenters. The maximum atomic E-state index is 11.8. The summed E-state index contributed by atoms with van der Waals surface area (Å²) in [7, 11) is 0. The lowest BCUT2D eigenvalue weighted by Gasteiger charge is -2.57. The molecule has 22 heavy (non-hydrogen) atoms. The highest BCUT2D eigenvalue weighted by atomic mass is 16.3. The monoisotopic (exact) mass is 304 g/mol. The fourth-order valence-electron chi connectivity index (χ4n) is 6.57. The molecule has 4 rings (SSSR count). The number of aliphatic hydroxyl groups is 2. The van der Waals surface area contributed by atoms with Crippen molar-refractivity contribution < 1.29 is 15.0 Å². The summed E-state index contributed by atoms with van der Waals surface area (Å²) in [5, 5.41) is 20.4. The highest BCUT2D eigenvalue weighted by molar-refractivity contribution is 5.62. The standard InChI is InChI=1S/C19H28O3/c1-18-8-6-13(21)10-12(18)2-3-14-15(18)7-9-19(11-20)16(14)4-5-17(19)22/h2,11,13-17,21-22H,3-10H2,1H3/t13?,14-,15-,16+,17?,18+,19+/m1/s1. The number of carbonyl (C=O) groups excluding carboxylic acids is 1. The van der Waals surface area contributed by atoms with Gasteiger partial charge in [0.15, 0.2) is 0 Å². The van der Waals surface area contributed by atoms with E-state index in [-0.39, 0.29) is 11.5 Å². The van der Waals surface area contributed by atoms with Crippen molar-refractivity contribution >= 4 is 6.29 Å². The maximum absolute atomic E-state index is 11.8. The van der Waals surface area contributed by atoms with Crippen LogP contribution < -0.4 is 0 Å². The zero-order valence-corrected chi connectivity index (χ0v) is 13.5. The van der Waals surface area contributed by atoms with E-state index in [1.807, 2.05) is 0 Å². The zero-order chi connectivity index (χ0) is 15.5. The summed E-state index contributed by atoms with van der Waals surface area (Å²) in [5.41, 5.74) is 1.21. The van der Waals surface area contributed by atoms with Gasteiger partial charge in [0.05, 0.1) is 17.6 Å². The summed E-state index contributed by atoms with van der Waals surface area (Å²) >= 11 is 0. The molecular formula is C19H28O3. The van der Waals surface area contributed by atoms with E-state index in [1.54, 1.807) is 0 Å². The van der Waals surface area contributed by atoms with Crippen LogP contribution in [0.1, 0.15) is 58.3 Å². The van der Waals surface area contributed by atoms with E-state index in [0.717, 1.165) is 57.7 Å². The Hall–Kier alpha value is -0.670. The van der Waals surface area contributed by atoms with Crippen LogP contribution in [-0.4, -0.2) is 28.7 Å². The third-order valence-electron chi connectivity index (χ3n) is 7.84. The van der Waals surface area contributed by atoms with Gasteiger partial charge in [0.25, 0.3) is 0 Å². The van der Waals surface area contributed by atoms with E-state index in [4.69, 9.17) is 0 Å². The Bertz CT molecular complexity index is 513. The Kier molecular flexibility index (Phi) is 3.32. The zero-order valence-electron chi connectivity index (χ0n) is 13.5. The maximum Gasteiger partial charge on any atom is 0.129 e. The normalized spacial score (nSPS) is 54.0. The molecule has 4 aliphatic carbocycles. The summed E-state index contributed by atoms with van der Waals surface area (Å²) in [4.78, 5) is 11.8. The third kappa shape index (κ3) is 1.78. The minimum Gasteiger partial charge on any atom is -0.393 e. The first-order chi connectivity index (χ1) is 10.5.